The van der Waals surface area contributed by atoms with Crippen LogP contribution >= 0.6 is 11.3 Å². The molecule has 20 heavy (non-hydrogen) atoms. The fourth-order valence-corrected chi connectivity index (χ4v) is 3.92. The molecule has 0 amide bonds. The zero-order chi connectivity index (χ0) is 13.8. The van der Waals surface area contributed by atoms with Crippen molar-refractivity contribution in [2.75, 3.05) is 19.6 Å². The van der Waals surface area contributed by atoms with Gasteiger partial charge in [0.05, 0.1) is 4.88 Å². The lowest BCUT2D eigenvalue weighted by Crippen LogP contribution is -2.30. The van der Waals surface area contributed by atoms with Crippen LogP contribution in [0.1, 0.15) is 41.8 Å². The number of hydrogen-bond donors (Lipinski definition) is 0. The highest BCUT2D eigenvalue weighted by atomic mass is 32.1. The van der Waals surface area contributed by atoms with Crippen LogP contribution in [0.25, 0.3) is 10.1 Å². The number of piperidine rings is 1. The summed E-state index contributed by atoms with van der Waals surface area (Å²) in [5.41, 5.74) is 0. The Balaban J connectivity index is 1.53. The molecular formula is C17H21NOS. The number of nitrogens with zero attached hydrogens (tertiary/aromatic N) is 1. The molecule has 1 aromatic carbocycles. The smallest absolute Gasteiger partial charge is 0.172 e. The number of carbonyl (C=O) groups excluding carboxylic acids is 1. The summed E-state index contributed by atoms with van der Waals surface area (Å²) in [6.07, 6.45) is 5.70. The van der Waals surface area contributed by atoms with E-state index in [9.17, 15) is 4.79 Å². The van der Waals surface area contributed by atoms with Crippen molar-refractivity contribution in [3.63, 3.8) is 0 Å². The quantitative estimate of drug-likeness (QED) is 0.762. The second-order valence-corrected chi connectivity index (χ2v) is 6.66. The lowest BCUT2D eigenvalue weighted by Gasteiger charge is -2.26. The van der Waals surface area contributed by atoms with E-state index in [-0.39, 0.29) is 0 Å². The monoisotopic (exact) mass is 287 g/mol. The van der Waals surface area contributed by atoms with E-state index in [0.29, 0.717) is 12.2 Å². The van der Waals surface area contributed by atoms with Crippen molar-refractivity contribution in [3.8, 4) is 0 Å². The van der Waals surface area contributed by atoms with Crippen LogP contribution in [0.4, 0.5) is 0 Å². The maximum Gasteiger partial charge on any atom is 0.172 e. The zero-order valence-corrected chi connectivity index (χ0v) is 12.6. The number of ketones is 1. The summed E-state index contributed by atoms with van der Waals surface area (Å²) in [5, 5.41) is 1.19. The molecule has 0 aliphatic carbocycles. The molecule has 1 aliphatic heterocycles. The molecule has 0 N–H and O–H groups in total. The SMILES string of the molecule is O=C(CCCN1CCCCC1)c1cc2ccccc2s1. The van der Waals surface area contributed by atoms with Crippen molar-refractivity contribution in [3.05, 3.63) is 35.2 Å². The second-order valence-electron chi connectivity index (χ2n) is 5.58. The summed E-state index contributed by atoms with van der Waals surface area (Å²) < 4.78 is 1.21. The van der Waals surface area contributed by atoms with E-state index < -0.39 is 0 Å². The number of benzene rings is 1. The van der Waals surface area contributed by atoms with Gasteiger partial charge in [-0.3, -0.25) is 4.79 Å². The van der Waals surface area contributed by atoms with Gasteiger partial charge in [-0.25, -0.2) is 0 Å². The number of likely N-dealkylation sites (tertiary alicyclic amines) is 1. The van der Waals surface area contributed by atoms with Gasteiger partial charge in [0.2, 0.25) is 0 Å². The predicted octanol–water partition coefficient (Wildman–Crippen LogP) is 4.35. The molecule has 2 heterocycles. The van der Waals surface area contributed by atoms with E-state index in [0.717, 1.165) is 17.8 Å². The molecule has 106 valence electrons. The van der Waals surface area contributed by atoms with Gasteiger partial charge >= 0.3 is 0 Å². The van der Waals surface area contributed by atoms with Crippen molar-refractivity contribution in [2.45, 2.75) is 32.1 Å². The minimum absolute atomic E-state index is 0.309. The highest BCUT2D eigenvalue weighted by Gasteiger charge is 2.13. The Morgan fingerprint density at radius 3 is 2.75 bits per heavy atom. The highest BCUT2D eigenvalue weighted by Crippen LogP contribution is 2.26. The molecule has 1 fully saturated rings. The highest BCUT2D eigenvalue weighted by molar-refractivity contribution is 7.20. The second kappa shape index (κ2) is 6.51. The largest absolute Gasteiger partial charge is 0.303 e. The average molecular weight is 287 g/mol. The summed E-state index contributed by atoms with van der Waals surface area (Å²) in [6, 6.07) is 10.3. The van der Waals surface area contributed by atoms with E-state index in [4.69, 9.17) is 0 Å². The van der Waals surface area contributed by atoms with Gasteiger partial charge in [-0.15, -0.1) is 11.3 Å². The molecule has 1 aromatic heterocycles. The number of Topliss-reactive ketones (excluding diaryl/α,β-unsaturated/α-hetero) is 1. The van der Waals surface area contributed by atoms with Crippen molar-refractivity contribution in [1.29, 1.82) is 0 Å². The van der Waals surface area contributed by atoms with Crippen molar-refractivity contribution in [2.24, 2.45) is 0 Å². The van der Waals surface area contributed by atoms with Crippen LogP contribution in [0.15, 0.2) is 30.3 Å². The summed E-state index contributed by atoms with van der Waals surface area (Å²) >= 11 is 1.63. The van der Waals surface area contributed by atoms with Gasteiger partial charge in [0.15, 0.2) is 5.78 Å². The molecular weight excluding hydrogens is 266 g/mol. The minimum Gasteiger partial charge on any atom is -0.303 e. The molecule has 0 atom stereocenters. The molecule has 0 bridgehead atoms. The first-order valence-corrected chi connectivity index (χ1v) is 8.39. The van der Waals surface area contributed by atoms with Gasteiger partial charge < -0.3 is 4.90 Å². The lowest BCUT2D eigenvalue weighted by molar-refractivity contribution is 0.0977. The Kier molecular flexibility index (Phi) is 4.48. The van der Waals surface area contributed by atoms with Crippen molar-refractivity contribution in [1.82, 2.24) is 4.90 Å². The van der Waals surface area contributed by atoms with E-state index in [1.54, 1.807) is 11.3 Å². The normalized spacial score (nSPS) is 16.6. The first-order valence-electron chi connectivity index (χ1n) is 7.57. The van der Waals surface area contributed by atoms with E-state index in [1.807, 2.05) is 18.2 Å². The Morgan fingerprint density at radius 2 is 1.95 bits per heavy atom. The maximum atomic E-state index is 12.2. The van der Waals surface area contributed by atoms with Crippen LogP contribution in [0.5, 0.6) is 0 Å². The number of thiophene rings is 1. The van der Waals surface area contributed by atoms with E-state index in [2.05, 4.69) is 17.0 Å². The van der Waals surface area contributed by atoms with Crippen LogP contribution in [0.3, 0.4) is 0 Å². The molecule has 2 nitrogen and oxygen atoms in total. The third kappa shape index (κ3) is 3.28. The standard InChI is InChI=1S/C17H21NOS/c19-15(8-6-12-18-10-4-1-5-11-18)17-13-14-7-2-3-9-16(14)20-17/h2-3,7,9,13H,1,4-6,8,10-12H2. The van der Waals surface area contributed by atoms with Crippen molar-refractivity contribution < 1.29 is 4.79 Å². The van der Waals surface area contributed by atoms with Gasteiger partial charge in [0, 0.05) is 11.1 Å². The Morgan fingerprint density at radius 1 is 1.15 bits per heavy atom. The van der Waals surface area contributed by atoms with Gasteiger partial charge in [0.1, 0.15) is 0 Å². The fourth-order valence-electron chi connectivity index (χ4n) is 2.89. The molecule has 0 spiro atoms. The average Bonchev–Trinajstić information content (AvgIpc) is 2.92. The lowest BCUT2D eigenvalue weighted by atomic mass is 10.1. The molecule has 0 radical (unpaired) electrons. The number of fused-ring (bicyclic) bond motifs is 1. The van der Waals surface area contributed by atoms with Crippen LogP contribution in [-0.4, -0.2) is 30.3 Å². The number of hydrogen-bond acceptors (Lipinski definition) is 3. The topological polar surface area (TPSA) is 20.3 Å². The summed E-state index contributed by atoms with van der Waals surface area (Å²) in [5.74, 6) is 0.309. The van der Waals surface area contributed by atoms with Crippen LogP contribution in [0.2, 0.25) is 0 Å². The summed E-state index contributed by atoms with van der Waals surface area (Å²) in [6.45, 7) is 3.52. The van der Waals surface area contributed by atoms with Crippen LogP contribution in [-0.2, 0) is 0 Å². The predicted molar refractivity (Wildman–Crippen MR) is 85.7 cm³/mol. The van der Waals surface area contributed by atoms with E-state index in [1.165, 1.54) is 42.4 Å². The third-order valence-electron chi connectivity index (χ3n) is 4.03. The van der Waals surface area contributed by atoms with Gasteiger partial charge in [-0.05, 0) is 56.4 Å². The first kappa shape index (κ1) is 13.8. The number of carbonyl (C=O) groups is 1. The van der Waals surface area contributed by atoms with Gasteiger partial charge in [-0.2, -0.15) is 0 Å². The Bertz CT molecular complexity index is 550. The summed E-state index contributed by atoms with van der Waals surface area (Å²) in [7, 11) is 0. The molecule has 2 aromatic rings. The van der Waals surface area contributed by atoms with Crippen LogP contribution in [0, 0.1) is 0 Å². The molecule has 3 heteroatoms. The van der Waals surface area contributed by atoms with Crippen molar-refractivity contribution >= 4 is 27.2 Å². The van der Waals surface area contributed by atoms with E-state index >= 15 is 0 Å². The van der Waals surface area contributed by atoms with Gasteiger partial charge in [0.25, 0.3) is 0 Å². The van der Waals surface area contributed by atoms with Gasteiger partial charge in [-0.1, -0.05) is 24.6 Å². The minimum atomic E-state index is 0.309. The molecule has 0 saturated carbocycles. The molecule has 3 rings (SSSR count). The number of rotatable bonds is 5. The molecule has 1 aliphatic rings. The maximum absolute atomic E-state index is 12.2. The summed E-state index contributed by atoms with van der Waals surface area (Å²) in [4.78, 5) is 15.7. The Hall–Kier alpha value is -1.19. The third-order valence-corrected chi connectivity index (χ3v) is 5.18. The van der Waals surface area contributed by atoms with Crippen LogP contribution < -0.4 is 0 Å². The Labute approximate surface area is 124 Å². The molecule has 1 saturated heterocycles. The fraction of sp³-hybridized carbons (Fsp3) is 0.471. The molecule has 0 unspecified atom stereocenters. The zero-order valence-electron chi connectivity index (χ0n) is 11.8. The first-order chi connectivity index (χ1) is 9.83.